The van der Waals surface area contributed by atoms with Gasteiger partial charge in [-0.15, -0.1) is 0 Å². The largest absolute Gasteiger partial charge is 0.507 e. The molecule has 0 aliphatic heterocycles. The molecule has 0 unspecified atom stereocenters. The summed E-state index contributed by atoms with van der Waals surface area (Å²) in [7, 11) is 1.33. The Balaban J connectivity index is 2.38. The lowest BCUT2D eigenvalue weighted by atomic mass is 9.82. The Bertz CT molecular complexity index is 776. The smallest absolute Gasteiger partial charge is 0.198 e. The van der Waals surface area contributed by atoms with E-state index in [1.165, 1.54) is 13.2 Å². The summed E-state index contributed by atoms with van der Waals surface area (Å²) in [6, 6.07) is 7.70. The molecule has 0 saturated heterocycles. The molecule has 21 heavy (non-hydrogen) atoms. The summed E-state index contributed by atoms with van der Waals surface area (Å²) in [6.07, 6.45) is 0. The molecule has 0 saturated carbocycles. The molecule has 0 aromatic heterocycles. The number of carbonyl (C=O) groups excluding carboxylic acids is 2. The van der Waals surface area contributed by atoms with Gasteiger partial charge in [-0.25, -0.2) is 0 Å². The number of hydrogen-bond acceptors (Lipinski definition) is 5. The highest BCUT2D eigenvalue weighted by Crippen LogP contribution is 2.39. The molecule has 0 bridgehead atoms. The highest BCUT2D eigenvalue weighted by Gasteiger charge is 2.34. The van der Waals surface area contributed by atoms with Gasteiger partial charge in [-0.2, -0.15) is 0 Å². The molecule has 106 valence electrons. The van der Waals surface area contributed by atoms with E-state index in [0.717, 1.165) is 0 Å². The fourth-order valence-corrected chi connectivity index (χ4v) is 2.63. The number of benzene rings is 2. The topological polar surface area (TPSA) is 83.8 Å². The van der Waals surface area contributed by atoms with Crippen molar-refractivity contribution in [1.82, 2.24) is 0 Å². The van der Waals surface area contributed by atoms with Crippen LogP contribution in [0.2, 0.25) is 0 Å². The molecule has 0 heterocycles. The molecular weight excluding hydrogens is 272 g/mol. The van der Waals surface area contributed by atoms with Gasteiger partial charge in [-0.05, 0) is 6.07 Å². The SMILES string of the molecule is COc1c(CO)c(O)cc2c1C(=O)c1ccccc1C2=O. The second-order valence-electron chi connectivity index (χ2n) is 4.69. The molecule has 2 aromatic carbocycles. The molecule has 5 heteroatoms. The Kier molecular flexibility index (Phi) is 2.99. The average Bonchev–Trinajstić information content (AvgIpc) is 2.51. The van der Waals surface area contributed by atoms with Gasteiger partial charge in [0, 0.05) is 16.7 Å². The Hall–Kier alpha value is -2.66. The molecule has 0 fully saturated rings. The summed E-state index contributed by atoms with van der Waals surface area (Å²) >= 11 is 0. The van der Waals surface area contributed by atoms with Crippen LogP contribution >= 0.6 is 0 Å². The van der Waals surface area contributed by atoms with E-state index in [0.29, 0.717) is 11.1 Å². The summed E-state index contributed by atoms with van der Waals surface area (Å²) in [5.74, 6) is -0.931. The predicted octanol–water partition coefficient (Wildman–Crippen LogP) is 1.67. The van der Waals surface area contributed by atoms with Crippen molar-refractivity contribution in [3.8, 4) is 11.5 Å². The fraction of sp³-hybridized carbons (Fsp3) is 0.125. The number of rotatable bonds is 2. The monoisotopic (exact) mass is 284 g/mol. The molecule has 1 aliphatic rings. The third-order valence-electron chi connectivity index (χ3n) is 3.61. The second-order valence-corrected chi connectivity index (χ2v) is 4.69. The van der Waals surface area contributed by atoms with E-state index in [9.17, 15) is 19.8 Å². The molecule has 1 aliphatic carbocycles. The second kappa shape index (κ2) is 4.71. The predicted molar refractivity (Wildman–Crippen MR) is 73.9 cm³/mol. The number of ether oxygens (including phenoxy) is 1. The van der Waals surface area contributed by atoms with Crippen molar-refractivity contribution in [1.29, 1.82) is 0 Å². The molecular formula is C16H12O5. The molecule has 3 rings (SSSR count). The summed E-state index contributed by atoms with van der Waals surface area (Å²) in [5.41, 5.74) is 0.862. The maximum absolute atomic E-state index is 12.6. The number of methoxy groups -OCH3 is 1. The average molecular weight is 284 g/mol. The zero-order chi connectivity index (χ0) is 15.1. The summed E-state index contributed by atoms with van der Waals surface area (Å²) in [4.78, 5) is 25.1. The minimum atomic E-state index is -0.495. The number of fused-ring (bicyclic) bond motifs is 2. The maximum Gasteiger partial charge on any atom is 0.198 e. The Morgan fingerprint density at radius 1 is 1.05 bits per heavy atom. The number of phenols is 1. The third-order valence-corrected chi connectivity index (χ3v) is 3.61. The first kappa shape index (κ1) is 13.3. The minimum Gasteiger partial charge on any atom is -0.507 e. The van der Waals surface area contributed by atoms with Gasteiger partial charge in [-0.3, -0.25) is 9.59 Å². The van der Waals surface area contributed by atoms with Crippen LogP contribution < -0.4 is 4.74 Å². The van der Waals surface area contributed by atoms with Crippen LogP contribution in [-0.4, -0.2) is 28.9 Å². The van der Waals surface area contributed by atoms with Crippen molar-refractivity contribution >= 4 is 11.6 Å². The van der Waals surface area contributed by atoms with Crippen LogP contribution in [0.25, 0.3) is 0 Å². The van der Waals surface area contributed by atoms with E-state index in [1.54, 1.807) is 24.3 Å². The van der Waals surface area contributed by atoms with Gasteiger partial charge in [0.2, 0.25) is 0 Å². The maximum atomic E-state index is 12.6. The van der Waals surface area contributed by atoms with E-state index < -0.39 is 6.61 Å². The zero-order valence-electron chi connectivity index (χ0n) is 11.2. The van der Waals surface area contributed by atoms with Gasteiger partial charge >= 0.3 is 0 Å². The quantitative estimate of drug-likeness (QED) is 0.748. The van der Waals surface area contributed by atoms with Gasteiger partial charge in [0.15, 0.2) is 11.6 Å². The third kappa shape index (κ3) is 1.75. The first-order chi connectivity index (χ1) is 10.1. The lowest BCUT2D eigenvalue weighted by Crippen LogP contribution is -2.22. The highest BCUT2D eigenvalue weighted by molar-refractivity contribution is 6.29. The number of carbonyl (C=O) groups is 2. The molecule has 2 aromatic rings. The Labute approximate surface area is 120 Å². The Morgan fingerprint density at radius 3 is 2.24 bits per heavy atom. The summed E-state index contributed by atoms with van der Waals surface area (Å²) in [5, 5.41) is 19.3. The normalized spacial score (nSPS) is 12.9. The van der Waals surface area contributed by atoms with Crippen molar-refractivity contribution in [3.05, 3.63) is 58.1 Å². The van der Waals surface area contributed by atoms with E-state index in [1.807, 2.05) is 0 Å². The van der Waals surface area contributed by atoms with Crippen LogP contribution in [0.3, 0.4) is 0 Å². The van der Waals surface area contributed by atoms with E-state index in [2.05, 4.69) is 0 Å². The number of hydrogen-bond donors (Lipinski definition) is 2. The molecule has 0 amide bonds. The van der Waals surface area contributed by atoms with Crippen molar-refractivity contribution < 1.29 is 24.5 Å². The van der Waals surface area contributed by atoms with E-state index >= 15 is 0 Å². The standard InChI is InChI=1S/C16H12O5/c1-21-16-11(7-17)12(18)6-10-13(16)15(20)9-5-3-2-4-8(9)14(10)19/h2-6,17-18H,7H2,1H3. The van der Waals surface area contributed by atoms with Crippen LogP contribution in [0.15, 0.2) is 30.3 Å². The summed E-state index contributed by atoms with van der Waals surface area (Å²) < 4.78 is 5.16. The lowest BCUT2D eigenvalue weighted by molar-refractivity contribution is 0.0975. The van der Waals surface area contributed by atoms with Gasteiger partial charge in [0.1, 0.15) is 11.5 Å². The molecule has 0 spiro atoms. The minimum absolute atomic E-state index is 0.0420. The van der Waals surface area contributed by atoms with Crippen molar-refractivity contribution in [2.45, 2.75) is 6.61 Å². The van der Waals surface area contributed by atoms with Gasteiger partial charge in [0.05, 0.1) is 24.8 Å². The first-order valence-corrected chi connectivity index (χ1v) is 6.32. The van der Waals surface area contributed by atoms with Crippen LogP contribution in [0, 0.1) is 0 Å². The first-order valence-electron chi connectivity index (χ1n) is 6.32. The van der Waals surface area contributed by atoms with Crippen molar-refractivity contribution in [2.75, 3.05) is 7.11 Å². The number of ketones is 2. The lowest BCUT2D eigenvalue weighted by Gasteiger charge is -2.21. The van der Waals surface area contributed by atoms with E-state index in [-0.39, 0.29) is 39.8 Å². The highest BCUT2D eigenvalue weighted by atomic mass is 16.5. The fourth-order valence-electron chi connectivity index (χ4n) is 2.63. The van der Waals surface area contributed by atoms with Gasteiger partial charge in [0.25, 0.3) is 0 Å². The number of aromatic hydroxyl groups is 1. The van der Waals surface area contributed by atoms with Gasteiger partial charge in [-0.1, -0.05) is 24.3 Å². The van der Waals surface area contributed by atoms with Crippen molar-refractivity contribution in [3.63, 3.8) is 0 Å². The molecule has 5 nitrogen and oxygen atoms in total. The zero-order valence-corrected chi connectivity index (χ0v) is 11.2. The van der Waals surface area contributed by atoms with E-state index in [4.69, 9.17) is 4.74 Å². The molecule has 2 N–H and O–H groups in total. The Morgan fingerprint density at radius 2 is 1.67 bits per heavy atom. The van der Waals surface area contributed by atoms with Crippen LogP contribution in [0.1, 0.15) is 37.4 Å². The summed E-state index contributed by atoms with van der Waals surface area (Å²) in [6.45, 7) is -0.495. The van der Waals surface area contributed by atoms with Gasteiger partial charge < -0.3 is 14.9 Å². The van der Waals surface area contributed by atoms with Crippen LogP contribution in [0.4, 0.5) is 0 Å². The molecule has 0 radical (unpaired) electrons. The number of aliphatic hydroxyl groups excluding tert-OH is 1. The van der Waals surface area contributed by atoms with Crippen molar-refractivity contribution in [2.24, 2.45) is 0 Å². The van der Waals surface area contributed by atoms with Crippen LogP contribution in [0.5, 0.6) is 11.5 Å². The molecule has 0 atom stereocenters. The van der Waals surface area contributed by atoms with Crippen LogP contribution in [-0.2, 0) is 6.61 Å². The number of aliphatic hydroxyl groups is 1.